The van der Waals surface area contributed by atoms with Gasteiger partial charge in [-0.05, 0) is 67.4 Å². The molecule has 4 aromatic rings. The van der Waals surface area contributed by atoms with Crippen molar-refractivity contribution < 1.29 is 4.79 Å². The molecule has 0 radical (unpaired) electrons. The number of aryl methyl sites for hydroxylation is 1. The molecule has 0 unspecified atom stereocenters. The van der Waals surface area contributed by atoms with Crippen molar-refractivity contribution in [2.24, 2.45) is 0 Å². The van der Waals surface area contributed by atoms with E-state index >= 15 is 0 Å². The van der Waals surface area contributed by atoms with E-state index in [1.807, 2.05) is 49.6 Å². The third-order valence-corrected chi connectivity index (χ3v) is 5.50. The van der Waals surface area contributed by atoms with Gasteiger partial charge in [-0.2, -0.15) is 5.10 Å². The second kappa shape index (κ2) is 7.68. The standard InChI is InChI=1S/C23H22N6O/c1-15-4-2-7-25-22(15)26-23(30)21-19-11-17(5-6-20(19)27-28-21)18-10-16(12-24-13-18)14-29-8-3-9-29/h2,4-7,10-13H,3,8-9,14H2,1H3,(H,27,28)(H,25,26,30). The van der Waals surface area contributed by atoms with Crippen LogP contribution < -0.4 is 5.32 Å². The lowest BCUT2D eigenvalue weighted by molar-refractivity contribution is 0.102. The number of hydrogen-bond acceptors (Lipinski definition) is 5. The number of nitrogens with one attached hydrogen (secondary N) is 2. The zero-order chi connectivity index (χ0) is 20.5. The van der Waals surface area contributed by atoms with Crippen molar-refractivity contribution in [2.75, 3.05) is 18.4 Å². The number of carbonyl (C=O) groups excluding carboxylic acids is 1. The lowest BCUT2D eigenvalue weighted by atomic mass is 10.0. The average molecular weight is 398 g/mol. The molecular weight excluding hydrogens is 376 g/mol. The molecule has 1 aromatic carbocycles. The number of aromatic amines is 1. The summed E-state index contributed by atoms with van der Waals surface area (Å²) in [4.78, 5) is 23.9. The lowest BCUT2D eigenvalue weighted by Crippen LogP contribution is -2.36. The quantitative estimate of drug-likeness (QED) is 0.534. The van der Waals surface area contributed by atoms with E-state index in [0.29, 0.717) is 11.5 Å². The number of pyridine rings is 2. The van der Waals surface area contributed by atoms with Crippen LogP contribution >= 0.6 is 0 Å². The Morgan fingerprint density at radius 3 is 2.87 bits per heavy atom. The van der Waals surface area contributed by atoms with E-state index in [4.69, 9.17) is 0 Å². The molecule has 1 amide bonds. The summed E-state index contributed by atoms with van der Waals surface area (Å²) in [6.45, 7) is 5.13. The summed E-state index contributed by atoms with van der Waals surface area (Å²) in [6.07, 6.45) is 6.71. The maximum absolute atomic E-state index is 12.9. The summed E-state index contributed by atoms with van der Waals surface area (Å²) >= 11 is 0. The molecule has 1 fully saturated rings. The summed E-state index contributed by atoms with van der Waals surface area (Å²) in [5.41, 5.74) is 5.29. The van der Waals surface area contributed by atoms with Gasteiger partial charge < -0.3 is 5.32 Å². The van der Waals surface area contributed by atoms with E-state index in [2.05, 4.69) is 36.4 Å². The van der Waals surface area contributed by atoms with Gasteiger partial charge in [-0.25, -0.2) is 4.98 Å². The van der Waals surface area contributed by atoms with Crippen LogP contribution in [-0.4, -0.2) is 44.1 Å². The molecule has 30 heavy (non-hydrogen) atoms. The lowest BCUT2D eigenvalue weighted by Gasteiger charge is -2.30. The van der Waals surface area contributed by atoms with Crippen LogP contribution in [0.25, 0.3) is 22.0 Å². The maximum atomic E-state index is 12.9. The Morgan fingerprint density at radius 1 is 1.17 bits per heavy atom. The van der Waals surface area contributed by atoms with Crippen molar-refractivity contribution in [3.05, 3.63) is 71.8 Å². The number of rotatable bonds is 5. The number of H-pyrrole nitrogens is 1. The molecule has 4 heterocycles. The Kier molecular flexibility index (Phi) is 4.72. The fourth-order valence-corrected chi connectivity index (χ4v) is 3.68. The number of fused-ring (bicyclic) bond motifs is 1. The van der Waals surface area contributed by atoms with E-state index < -0.39 is 0 Å². The van der Waals surface area contributed by atoms with Crippen molar-refractivity contribution in [3.8, 4) is 11.1 Å². The summed E-state index contributed by atoms with van der Waals surface area (Å²) in [6, 6.07) is 11.9. The monoisotopic (exact) mass is 398 g/mol. The van der Waals surface area contributed by atoms with Crippen LogP contribution in [0, 0.1) is 6.92 Å². The minimum Gasteiger partial charge on any atom is -0.305 e. The van der Waals surface area contributed by atoms with Gasteiger partial charge >= 0.3 is 0 Å². The number of nitrogens with zero attached hydrogens (tertiary/aromatic N) is 4. The average Bonchev–Trinajstić information content (AvgIpc) is 3.16. The van der Waals surface area contributed by atoms with Gasteiger partial charge in [-0.1, -0.05) is 12.1 Å². The summed E-state index contributed by atoms with van der Waals surface area (Å²) in [7, 11) is 0. The second-order valence-corrected chi connectivity index (χ2v) is 7.67. The summed E-state index contributed by atoms with van der Waals surface area (Å²) < 4.78 is 0. The molecule has 7 nitrogen and oxygen atoms in total. The van der Waals surface area contributed by atoms with E-state index in [1.54, 1.807) is 6.20 Å². The highest BCUT2D eigenvalue weighted by Crippen LogP contribution is 2.27. The topological polar surface area (TPSA) is 86.8 Å². The molecule has 2 N–H and O–H groups in total. The van der Waals surface area contributed by atoms with Gasteiger partial charge in [0.05, 0.1) is 5.52 Å². The van der Waals surface area contributed by atoms with Crippen LogP contribution in [-0.2, 0) is 6.54 Å². The molecule has 0 saturated carbocycles. The Balaban J connectivity index is 1.45. The number of aromatic nitrogens is 4. The van der Waals surface area contributed by atoms with Crippen LogP contribution in [0.3, 0.4) is 0 Å². The number of carbonyl (C=O) groups is 1. The summed E-state index contributed by atoms with van der Waals surface area (Å²) in [5, 5.41) is 10.8. The van der Waals surface area contributed by atoms with Gasteiger partial charge in [-0.3, -0.25) is 19.8 Å². The Morgan fingerprint density at radius 2 is 2.07 bits per heavy atom. The Labute approximate surface area is 174 Å². The van der Waals surface area contributed by atoms with Gasteiger partial charge in [0.1, 0.15) is 5.82 Å². The molecule has 3 aromatic heterocycles. The Bertz CT molecular complexity index is 1230. The third kappa shape index (κ3) is 3.55. The number of hydrogen-bond donors (Lipinski definition) is 2. The van der Waals surface area contributed by atoms with Crippen molar-refractivity contribution in [1.82, 2.24) is 25.1 Å². The Hall–Kier alpha value is -3.58. The molecule has 7 heteroatoms. The van der Waals surface area contributed by atoms with Crippen LogP contribution in [0.4, 0.5) is 5.82 Å². The second-order valence-electron chi connectivity index (χ2n) is 7.67. The number of amides is 1. The first kappa shape index (κ1) is 18.4. The van der Waals surface area contributed by atoms with Crippen molar-refractivity contribution in [1.29, 1.82) is 0 Å². The van der Waals surface area contributed by atoms with Crippen molar-refractivity contribution >= 4 is 22.6 Å². The molecule has 1 saturated heterocycles. The minimum atomic E-state index is -0.287. The zero-order valence-electron chi connectivity index (χ0n) is 16.7. The number of anilines is 1. The van der Waals surface area contributed by atoms with E-state index in [9.17, 15) is 4.79 Å². The largest absolute Gasteiger partial charge is 0.305 e. The third-order valence-electron chi connectivity index (χ3n) is 5.50. The zero-order valence-corrected chi connectivity index (χ0v) is 16.7. The summed E-state index contributed by atoms with van der Waals surface area (Å²) in [5.74, 6) is 0.252. The molecule has 0 spiro atoms. The predicted octanol–water partition coefficient (Wildman–Crippen LogP) is 3.79. The van der Waals surface area contributed by atoms with Gasteiger partial charge in [0.15, 0.2) is 5.69 Å². The van der Waals surface area contributed by atoms with Crippen LogP contribution in [0.1, 0.15) is 28.0 Å². The van der Waals surface area contributed by atoms with Gasteiger partial charge in [0, 0.05) is 36.1 Å². The smallest absolute Gasteiger partial charge is 0.277 e. The molecule has 1 aliphatic rings. The fraction of sp³-hybridized carbons (Fsp3) is 0.217. The molecule has 0 atom stereocenters. The van der Waals surface area contributed by atoms with Gasteiger partial charge in [0.25, 0.3) is 5.91 Å². The molecule has 0 bridgehead atoms. The fourth-order valence-electron chi connectivity index (χ4n) is 3.68. The van der Waals surface area contributed by atoms with Crippen LogP contribution in [0.15, 0.2) is 55.0 Å². The highest BCUT2D eigenvalue weighted by atomic mass is 16.2. The van der Waals surface area contributed by atoms with Gasteiger partial charge in [-0.15, -0.1) is 0 Å². The molecule has 0 aliphatic carbocycles. The molecular formula is C23H22N6O. The van der Waals surface area contributed by atoms with Crippen LogP contribution in [0.5, 0.6) is 0 Å². The van der Waals surface area contributed by atoms with Crippen molar-refractivity contribution in [2.45, 2.75) is 19.9 Å². The van der Waals surface area contributed by atoms with Crippen molar-refractivity contribution in [3.63, 3.8) is 0 Å². The molecule has 5 rings (SSSR count). The highest BCUT2D eigenvalue weighted by Gasteiger charge is 2.17. The number of benzene rings is 1. The first-order chi connectivity index (χ1) is 14.7. The van der Waals surface area contributed by atoms with Crippen LogP contribution in [0.2, 0.25) is 0 Å². The van der Waals surface area contributed by atoms with E-state index in [0.717, 1.165) is 47.2 Å². The SMILES string of the molecule is Cc1cccnc1NC(=O)c1n[nH]c2ccc(-c3cncc(CN4CCC4)c3)cc12. The minimum absolute atomic E-state index is 0.287. The normalized spacial score (nSPS) is 13.9. The number of likely N-dealkylation sites (tertiary alicyclic amines) is 1. The maximum Gasteiger partial charge on any atom is 0.277 e. The van der Waals surface area contributed by atoms with E-state index in [1.165, 1.54) is 12.0 Å². The predicted molar refractivity (Wildman–Crippen MR) is 116 cm³/mol. The van der Waals surface area contributed by atoms with Gasteiger partial charge in [0.2, 0.25) is 0 Å². The molecule has 1 aliphatic heterocycles. The molecule has 150 valence electrons. The first-order valence-corrected chi connectivity index (χ1v) is 10.0. The van der Waals surface area contributed by atoms with E-state index in [-0.39, 0.29) is 5.91 Å². The highest BCUT2D eigenvalue weighted by molar-refractivity contribution is 6.11. The first-order valence-electron chi connectivity index (χ1n) is 10.0.